The van der Waals surface area contributed by atoms with Crippen LogP contribution in [0.2, 0.25) is 5.02 Å². The summed E-state index contributed by atoms with van der Waals surface area (Å²) in [7, 11) is -9.03. The van der Waals surface area contributed by atoms with E-state index in [-0.39, 0.29) is 17.8 Å². The summed E-state index contributed by atoms with van der Waals surface area (Å²) in [5.41, 5.74) is -1.44. The largest absolute Gasteiger partial charge is 0.321 e. The second-order valence-corrected chi connectivity index (χ2v) is 11.2. The van der Waals surface area contributed by atoms with Gasteiger partial charge in [0.2, 0.25) is 20.0 Å². The van der Waals surface area contributed by atoms with Gasteiger partial charge in [0, 0.05) is 17.1 Å². The molecule has 0 spiro atoms. The van der Waals surface area contributed by atoms with Gasteiger partial charge in [0.05, 0.1) is 17.3 Å². The van der Waals surface area contributed by atoms with Gasteiger partial charge in [0.1, 0.15) is 26.8 Å². The third-order valence-corrected chi connectivity index (χ3v) is 7.60. The molecule has 4 rings (SSSR count). The molecule has 0 saturated carbocycles. The van der Waals surface area contributed by atoms with Gasteiger partial charge in [-0.15, -0.1) is 0 Å². The molecule has 0 bridgehead atoms. The Morgan fingerprint density at radius 3 is 2.32 bits per heavy atom. The number of pyridine rings is 2. The number of carbonyl (C=O) groups excluding carboxylic acids is 1. The standard InChI is InChI=1S/C22H17ClFN5O6S2/c23-15-9-17(19(37(26,34)35)10-18(15)36(25,32)33)28-21(30)14-8-12-5-3-7-27-20(12)29(22(14)31)11-13-4-1-2-6-16(13)24/h1-10H,11H2,(H,28,30)(H2,25,32,33)(H2,26,34,35). The van der Waals surface area contributed by atoms with E-state index >= 15 is 0 Å². The number of aromatic nitrogens is 2. The molecule has 0 aliphatic carbocycles. The Hall–Kier alpha value is -3.69. The predicted molar refractivity (Wildman–Crippen MR) is 134 cm³/mol. The number of nitrogens with zero attached hydrogens (tertiary/aromatic N) is 2. The summed E-state index contributed by atoms with van der Waals surface area (Å²) in [6, 6.07) is 11.6. The summed E-state index contributed by atoms with van der Waals surface area (Å²) in [5, 5.41) is 12.4. The van der Waals surface area contributed by atoms with Crippen LogP contribution < -0.4 is 21.2 Å². The second kappa shape index (κ2) is 9.64. The normalized spacial score (nSPS) is 12.0. The minimum atomic E-state index is -4.59. The molecule has 4 aromatic rings. The van der Waals surface area contributed by atoms with Crippen LogP contribution in [0.4, 0.5) is 10.1 Å². The molecular weight excluding hydrogens is 549 g/mol. The van der Waals surface area contributed by atoms with Crippen molar-refractivity contribution >= 4 is 54.3 Å². The Bertz CT molecular complexity index is 1860. The quantitative estimate of drug-likeness (QED) is 0.318. The van der Waals surface area contributed by atoms with Crippen molar-refractivity contribution in [2.24, 2.45) is 10.3 Å². The summed E-state index contributed by atoms with van der Waals surface area (Å²) in [6.07, 6.45) is 1.42. The lowest BCUT2D eigenvalue weighted by molar-refractivity contribution is 0.102. The van der Waals surface area contributed by atoms with Gasteiger partial charge >= 0.3 is 0 Å². The van der Waals surface area contributed by atoms with E-state index in [0.29, 0.717) is 11.5 Å². The smallest absolute Gasteiger partial charge is 0.265 e. The molecule has 2 heterocycles. The van der Waals surface area contributed by atoms with Crippen LogP contribution in [0.3, 0.4) is 0 Å². The van der Waals surface area contributed by atoms with Crippen molar-refractivity contribution < 1.29 is 26.0 Å². The fourth-order valence-electron chi connectivity index (χ4n) is 3.59. The van der Waals surface area contributed by atoms with Gasteiger partial charge < -0.3 is 5.32 Å². The fraction of sp³-hybridized carbons (Fsp3) is 0.0455. The van der Waals surface area contributed by atoms with Crippen LogP contribution in [0.15, 0.2) is 75.4 Å². The van der Waals surface area contributed by atoms with Crippen molar-refractivity contribution in [3.05, 3.63) is 93.1 Å². The maximum absolute atomic E-state index is 14.3. The number of carbonyl (C=O) groups is 1. The molecule has 0 aliphatic rings. The zero-order chi connectivity index (χ0) is 27.1. The first-order valence-corrected chi connectivity index (χ1v) is 13.7. The van der Waals surface area contributed by atoms with Crippen LogP contribution in [0, 0.1) is 5.82 Å². The molecule has 0 fully saturated rings. The third-order valence-electron chi connectivity index (χ3n) is 5.27. The van der Waals surface area contributed by atoms with Crippen LogP contribution >= 0.6 is 11.6 Å². The lowest BCUT2D eigenvalue weighted by atomic mass is 10.1. The first-order chi connectivity index (χ1) is 17.3. The summed E-state index contributed by atoms with van der Waals surface area (Å²) >= 11 is 5.95. The van der Waals surface area contributed by atoms with Crippen molar-refractivity contribution in [1.82, 2.24) is 9.55 Å². The highest BCUT2D eigenvalue weighted by Crippen LogP contribution is 2.31. The average molecular weight is 566 g/mol. The predicted octanol–water partition coefficient (Wildman–Crippen LogP) is 1.78. The monoisotopic (exact) mass is 565 g/mol. The van der Waals surface area contributed by atoms with Crippen molar-refractivity contribution in [3.63, 3.8) is 0 Å². The van der Waals surface area contributed by atoms with Gasteiger partial charge in [-0.1, -0.05) is 29.8 Å². The number of sulfonamides is 2. The Morgan fingerprint density at radius 1 is 1.00 bits per heavy atom. The van der Waals surface area contributed by atoms with E-state index in [2.05, 4.69) is 10.3 Å². The number of benzene rings is 2. The molecule has 0 saturated heterocycles. The highest BCUT2D eigenvalue weighted by atomic mass is 35.5. The van der Waals surface area contributed by atoms with Gasteiger partial charge in [-0.25, -0.2) is 36.5 Å². The Balaban J connectivity index is 1.86. The molecule has 37 heavy (non-hydrogen) atoms. The van der Waals surface area contributed by atoms with E-state index < -0.39 is 63.4 Å². The summed E-state index contributed by atoms with van der Waals surface area (Å²) < 4.78 is 63.2. The Kier molecular flexibility index (Phi) is 6.87. The SMILES string of the molecule is NS(=O)(=O)c1cc(S(N)(=O)=O)c(NC(=O)c2cc3cccnc3n(Cc3ccccc3F)c2=O)cc1Cl. The highest BCUT2D eigenvalue weighted by molar-refractivity contribution is 7.90. The Morgan fingerprint density at radius 2 is 1.68 bits per heavy atom. The molecule has 0 unspecified atom stereocenters. The molecule has 11 nitrogen and oxygen atoms in total. The number of fused-ring (bicyclic) bond motifs is 1. The summed E-state index contributed by atoms with van der Waals surface area (Å²) in [4.78, 5) is 29.2. The number of rotatable bonds is 6. The van der Waals surface area contributed by atoms with Gasteiger partial charge in [0.15, 0.2) is 0 Å². The first-order valence-electron chi connectivity index (χ1n) is 10.2. The lowest BCUT2D eigenvalue weighted by Crippen LogP contribution is -2.31. The van der Waals surface area contributed by atoms with Crippen LogP contribution in [-0.4, -0.2) is 32.3 Å². The molecule has 192 valence electrons. The number of hydrogen-bond acceptors (Lipinski definition) is 7. The van der Waals surface area contributed by atoms with Crippen LogP contribution in [0.5, 0.6) is 0 Å². The first kappa shape index (κ1) is 26.4. The van der Waals surface area contributed by atoms with Crippen LogP contribution in [0.25, 0.3) is 11.0 Å². The van der Waals surface area contributed by atoms with Gasteiger partial charge in [-0.3, -0.25) is 14.2 Å². The van der Waals surface area contributed by atoms with Crippen LogP contribution in [-0.2, 0) is 26.6 Å². The molecule has 1 amide bonds. The molecule has 0 radical (unpaired) electrons. The van der Waals surface area contributed by atoms with Crippen molar-refractivity contribution in [3.8, 4) is 0 Å². The summed E-state index contributed by atoms with van der Waals surface area (Å²) in [5.74, 6) is -1.64. The van der Waals surface area contributed by atoms with Gasteiger partial charge in [-0.2, -0.15) is 0 Å². The van der Waals surface area contributed by atoms with Gasteiger partial charge in [0.25, 0.3) is 11.5 Å². The minimum absolute atomic E-state index is 0.163. The molecular formula is C22H17ClFN5O6S2. The van der Waals surface area contributed by atoms with Gasteiger partial charge in [-0.05, 0) is 36.4 Å². The minimum Gasteiger partial charge on any atom is -0.321 e. The molecule has 0 aliphatic heterocycles. The highest BCUT2D eigenvalue weighted by Gasteiger charge is 2.25. The Labute approximate surface area is 214 Å². The maximum Gasteiger partial charge on any atom is 0.265 e. The fourth-order valence-corrected chi connectivity index (χ4v) is 5.46. The number of nitrogens with one attached hydrogen (secondary N) is 1. The molecule has 0 atom stereocenters. The molecule has 15 heteroatoms. The average Bonchev–Trinajstić information content (AvgIpc) is 2.80. The van der Waals surface area contributed by atoms with E-state index in [0.717, 1.165) is 10.6 Å². The van der Waals surface area contributed by atoms with E-state index in [9.17, 15) is 30.8 Å². The van der Waals surface area contributed by atoms with Crippen molar-refractivity contribution in [1.29, 1.82) is 0 Å². The third kappa shape index (κ3) is 5.38. The summed E-state index contributed by atoms with van der Waals surface area (Å²) in [6.45, 7) is -0.253. The number of halogens is 2. The van der Waals surface area contributed by atoms with E-state index in [1.54, 1.807) is 18.2 Å². The number of amides is 1. The number of primary sulfonamides is 2. The lowest BCUT2D eigenvalue weighted by Gasteiger charge is -2.15. The van der Waals surface area contributed by atoms with E-state index in [1.807, 2.05) is 0 Å². The molecule has 2 aromatic carbocycles. The van der Waals surface area contributed by atoms with Crippen molar-refractivity contribution in [2.45, 2.75) is 16.3 Å². The number of nitrogens with two attached hydrogens (primary N) is 2. The maximum atomic E-state index is 14.3. The second-order valence-electron chi connectivity index (χ2n) is 7.78. The van der Waals surface area contributed by atoms with Crippen LogP contribution in [0.1, 0.15) is 15.9 Å². The zero-order valence-corrected chi connectivity index (χ0v) is 20.9. The molecule has 2 aromatic heterocycles. The molecule has 5 N–H and O–H groups in total. The number of hydrogen-bond donors (Lipinski definition) is 3. The number of anilines is 1. The van der Waals surface area contributed by atoms with Crippen molar-refractivity contribution in [2.75, 3.05) is 5.32 Å². The van der Waals surface area contributed by atoms with E-state index in [4.69, 9.17) is 21.9 Å². The topological polar surface area (TPSA) is 184 Å². The zero-order valence-electron chi connectivity index (χ0n) is 18.6. The van der Waals surface area contributed by atoms with E-state index in [1.165, 1.54) is 30.5 Å².